The molecule has 4 nitrogen and oxygen atoms in total. The molecule has 0 aliphatic carbocycles. The van der Waals surface area contributed by atoms with Crippen LogP contribution in [0.25, 0.3) is 0 Å². The summed E-state index contributed by atoms with van der Waals surface area (Å²) >= 11 is 3.94. The molecule has 0 bridgehead atoms. The number of benzene rings is 3. The molecule has 0 aromatic heterocycles. The zero-order valence-corrected chi connectivity index (χ0v) is 27.8. The molecule has 0 amide bonds. The third kappa shape index (κ3) is 9.99. The first-order valence-electron chi connectivity index (χ1n) is 14.6. The van der Waals surface area contributed by atoms with Crippen LogP contribution in [0.1, 0.15) is 37.5 Å². The molecule has 3 atom stereocenters. The number of rotatable bonds is 15. The van der Waals surface area contributed by atoms with E-state index in [2.05, 4.69) is 107 Å². The number of thioether (sulfide) groups is 2. The molecular formula is C34H46O4S2Si. The summed E-state index contributed by atoms with van der Waals surface area (Å²) in [5.74, 6) is 2.23. The first kappa shape index (κ1) is 32.3. The SMILES string of the molecule is CC(C)(C)[Si](C)(C)O[C@H](COCc1ccccc1)[C@@H](OCc1ccccc1)[C@H](OCc1ccccc1)C1SCCS1. The van der Waals surface area contributed by atoms with Crippen LogP contribution in [-0.4, -0.2) is 49.3 Å². The van der Waals surface area contributed by atoms with Gasteiger partial charge in [0, 0.05) is 11.5 Å². The van der Waals surface area contributed by atoms with Crippen molar-refractivity contribution < 1.29 is 18.6 Å². The smallest absolute Gasteiger partial charge is 0.192 e. The summed E-state index contributed by atoms with van der Waals surface area (Å²) in [5, 5.41) is 0.0475. The molecule has 4 rings (SSSR count). The maximum atomic E-state index is 7.17. The lowest BCUT2D eigenvalue weighted by Gasteiger charge is -2.43. The Morgan fingerprint density at radius 1 is 0.707 bits per heavy atom. The van der Waals surface area contributed by atoms with Gasteiger partial charge in [-0.3, -0.25) is 0 Å². The Hall–Kier alpha value is -1.58. The van der Waals surface area contributed by atoms with Crippen LogP contribution in [0.15, 0.2) is 91.0 Å². The molecule has 1 aliphatic rings. The van der Waals surface area contributed by atoms with Crippen molar-refractivity contribution in [3.8, 4) is 0 Å². The Morgan fingerprint density at radius 3 is 1.66 bits per heavy atom. The molecule has 222 valence electrons. The molecule has 41 heavy (non-hydrogen) atoms. The van der Waals surface area contributed by atoms with Gasteiger partial charge >= 0.3 is 0 Å². The van der Waals surface area contributed by atoms with Crippen LogP contribution in [0.5, 0.6) is 0 Å². The van der Waals surface area contributed by atoms with Gasteiger partial charge in [0.15, 0.2) is 8.32 Å². The van der Waals surface area contributed by atoms with Crippen LogP contribution in [-0.2, 0) is 38.5 Å². The van der Waals surface area contributed by atoms with E-state index in [0.717, 1.165) is 28.2 Å². The van der Waals surface area contributed by atoms with E-state index in [4.69, 9.17) is 18.6 Å². The second kappa shape index (κ2) is 15.8. The minimum absolute atomic E-state index is 0.0475. The second-order valence-electron chi connectivity index (χ2n) is 12.0. The van der Waals surface area contributed by atoms with E-state index in [-0.39, 0.29) is 27.9 Å². The van der Waals surface area contributed by atoms with Gasteiger partial charge in [-0.05, 0) is 34.8 Å². The average Bonchev–Trinajstić information content (AvgIpc) is 3.50. The van der Waals surface area contributed by atoms with Gasteiger partial charge in [0.05, 0.1) is 37.1 Å². The normalized spacial score (nSPS) is 16.9. The van der Waals surface area contributed by atoms with Gasteiger partial charge in [-0.25, -0.2) is 0 Å². The van der Waals surface area contributed by atoms with Crippen LogP contribution < -0.4 is 0 Å². The third-order valence-electron chi connectivity index (χ3n) is 7.82. The molecular weight excluding hydrogens is 565 g/mol. The van der Waals surface area contributed by atoms with Crippen LogP contribution >= 0.6 is 23.5 Å². The Labute approximate surface area is 257 Å². The predicted molar refractivity (Wildman–Crippen MR) is 177 cm³/mol. The zero-order chi connectivity index (χ0) is 29.1. The van der Waals surface area contributed by atoms with E-state index in [0.29, 0.717) is 26.4 Å². The van der Waals surface area contributed by atoms with Crippen molar-refractivity contribution >= 4 is 31.8 Å². The Bertz CT molecular complexity index is 1140. The first-order valence-corrected chi connectivity index (χ1v) is 19.6. The molecule has 1 heterocycles. The van der Waals surface area contributed by atoms with Crippen molar-refractivity contribution in [2.45, 2.75) is 81.6 Å². The minimum Gasteiger partial charge on any atom is -0.409 e. The monoisotopic (exact) mass is 610 g/mol. The third-order valence-corrected chi connectivity index (χ3v) is 15.5. The highest BCUT2D eigenvalue weighted by Gasteiger charge is 2.45. The standard InChI is InChI=1S/C34H46O4S2Si/c1-34(2,3)41(4,5)38-30(26-35-23-27-15-9-6-10-16-27)31(36-24-28-17-11-7-12-18-28)32(33-39-21-22-40-33)37-25-29-19-13-8-14-20-29/h6-20,30-33H,21-26H2,1-5H3/t30-,31-,32+/m1/s1. The highest BCUT2D eigenvalue weighted by Crippen LogP contribution is 2.41. The first-order chi connectivity index (χ1) is 19.7. The van der Waals surface area contributed by atoms with Crippen molar-refractivity contribution in [2.75, 3.05) is 18.1 Å². The lowest BCUT2D eigenvalue weighted by atomic mass is 10.1. The maximum Gasteiger partial charge on any atom is 0.192 e. The van der Waals surface area contributed by atoms with Crippen LogP contribution in [0.2, 0.25) is 18.1 Å². The molecule has 0 radical (unpaired) electrons. The highest BCUT2D eigenvalue weighted by atomic mass is 32.2. The molecule has 0 unspecified atom stereocenters. The van der Waals surface area contributed by atoms with Crippen LogP contribution in [0.3, 0.4) is 0 Å². The van der Waals surface area contributed by atoms with Crippen molar-refractivity contribution in [2.24, 2.45) is 0 Å². The van der Waals surface area contributed by atoms with Gasteiger partial charge in [0.25, 0.3) is 0 Å². The van der Waals surface area contributed by atoms with E-state index < -0.39 is 8.32 Å². The molecule has 3 aromatic rings. The number of ether oxygens (including phenoxy) is 3. The fourth-order valence-electron chi connectivity index (χ4n) is 4.46. The lowest BCUT2D eigenvalue weighted by Crippen LogP contribution is -2.54. The molecule has 0 saturated carbocycles. The molecule has 0 N–H and O–H groups in total. The molecule has 1 aliphatic heterocycles. The quantitative estimate of drug-likeness (QED) is 0.161. The average molecular weight is 611 g/mol. The van der Waals surface area contributed by atoms with E-state index in [1.165, 1.54) is 0 Å². The van der Waals surface area contributed by atoms with Gasteiger partial charge in [-0.15, -0.1) is 23.5 Å². The van der Waals surface area contributed by atoms with Gasteiger partial charge in [-0.2, -0.15) is 0 Å². The van der Waals surface area contributed by atoms with Gasteiger partial charge < -0.3 is 18.6 Å². The largest absolute Gasteiger partial charge is 0.409 e. The zero-order valence-electron chi connectivity index (χ0n) is 25.2. The molecule has 3 aromatic carbocycles. The molecule has 1 fully saturated rings. The predicted octanol–water partition coefficient (Wildman–Crippen LogP) is 8.57. The van der Waals surface area contributed by atoms with Gasteiger partial charge in [0.1, 0.15) is 12.2 Å². The van der Waals surface area contributed by atoms with E-state index in [9.17, 15) is 0 Å². The van der Waals surface area contributed by atoms with Crippen molar-refractivity contribution in [3.63, 3.8) is 0 Å². The van der Waals surface area contributed by atoms with Gasteiger partial charge in [-0.1, -0.05) is 112 Å². The summed E-state index contributed by atoms with van der Waals surface area (Å²) in [7, 11) is -2.17. The van der Waals surface area contributed by atoms with E-state index in [1.54, 1.807) is 0 Å². The number of hydrogen-bond donors (Lipinski definition) is 0. The molecule has 0 spiro atoms. The van der Waals surface area contributed by atoms with Crippen LogP contribution in [0.4, 0.5) is 0 Å². The van der Waals surface area contributed by atoms with Crippen molar-refractivity contribution in [1.82, 2.24) is 0 Å². The maximum absolute atomic E-state index is 7.17. The minimum atomic E-state index is -2.17. The number of hydrogen-bond acceptors (Lipinski definition) is 6. The summed E-state index contributed by atoms with van der Waals surface area (Å²) in [6.07, 6.45) is -0.732. The summed E-state index contributed by atoms with van der Waals surface area (Å²) < 4.78 is 27.5. The summed E-state index contributed by atoms with van der Waals surface area (Å²) in [6, 6.07) is 31.2. The van der Waals surface area contributed by atoms with Gasteiger partial charge in [0.2, 0.25) is 0 Å². The molecule has 7 heteroatoms. The van der Waals surface area contributed by atoms with Crippen molar-refractivity contribution in [3.05, 3.63) is 108 Å². The lowest BCUT2D eigenvalue weighted by molar-refractivity contribution is -0.138. The fraction of sp³-hybridized carbons (Fsp3) is 0.471. The highest BCUT2D eigenvalue weighted by molar-refractivity contribution is 8.20. The summed E-state index contributed by atoms with van der Waals surface area (Å²) in [5.41, 5.74) is 3.45. The van der Waals surface area contributed by atoms with E-state index >= 15 is 0 Å². The summed E-state index contributed by atoms with van der Waals surface area (Å²) in [4.78, 5) is 0. The van der Waals surface area contributed by atoms with E-state index in [1.807, 2.05) is 41.7 Å². The Morgan fingerprint density at radius 2 is 1.17 bits per heavy atom. The van der Waals surface area contributed by atoms with Crippen molar-refractivity contribution in [1.29, 1.82) is 0 Å². The topological polar surface area (TPSA) is 36.9 Å². The molecule has 1 saturated heterocycles. The fourth-order valence-corrected chi connectivity index (χ4v) is 8.82. The Balaban J connectivity index is 1.64. The second-order valence-corrected chi connectivity index (χ2v) is 19.6. The van der Waals surface area contributed by atoms with Crippen LogP contribution in [0, 0.1) is 0 Å². The Kier molecular flexibility index (Phi) is 12.4. The summed E-state index contributed by atoms with van der Waals surface area (Å²) in [6.45, 7) is 13.5.